The first-order valence-electron chi connectivity index (χ1n) is 6.10. The lowest BCUT2D eigenvalue weighted by Gasteiger charge is -2.36. The summed E-state index contributed by atoms with van der Waals surface area (Å²) in [4.78, 5) is 13.7. The number of carbonyl (C=O) groups excluding carboxylic acids is 1. The van der Waals surface area contributed by atoms with Crippen molar-refractivity contribution < 1.29 is 9.53 Å². The van der Waals surface area contributed by atoms with Crippen molar-refractivity contribution in [2.45, 2.75) is 45.3 Å². The summed E-state index contributed by atoms with van der Waals surface area (Å²) >= 11 is 0. The summed E-state index contributed by atoms with van der Waals surface area (Å²) < 4.78 is 5.38. The Labute approximate surface area is 97.1 Å². The van der Waals surface area contributed by atoms with Gasteiger partial charge in [0.05, 0.1) is 0 Å². The van der Waals surface area contributed by atoms with Crippen molar-refractivity contribution in [3.63, 3.8) is 0 Å². The van der Waals surface area contributed by atoms with Crippen LogP contribution in [0.15, 0.2) is 0 Å². The van der Waals surface area contributed by atoms with Crippen LogP contribution >= 0.6 is 0 Å². The number of hydrogen-bond donors (Lipinski definition) is 1. The molecule has 3 atom stereocenters. The number of piperidine rings is 1. The van der Waals surface area contributed by atoms with Crippen LogP contribution in [0.25, 0.3) is 0 Å². The second-order valence-electron chi connectivity index (χ2n) is 6.06. The summed E-state index contributed by atoms with van der Waals surface area (Å²) in [6.45, 7) is 7.23. The van der Waals surface area contributed by atoms with E-state index in [2.05, 4.69) is 0 Å². The summed E-state index contributed by atoms with van der Waals surface area (Å²) in [6, 6.07) is 0.290. The van der Waals surface area contributed by atoms with Crippen molar-refractivity contribution in [3.8, 4) is 0 Å². The normalized spacial score (nSPS) is 34.0. The molecule has 0 radical (unpaired) electrons. The molecule has 16 heavy (non-hydrogen) atoms. The Balaban J connectivity index is 1.95. The first kappa shape index (κ1) is 11.7. The van der Waals surface area contributed by atoms with E-state index in [1.165, 1.54) is 0 Å². The van der Waals surface area contributed by atoms with Crippen molar-refractivity contribution in [3.05, 3.63) is 0 Å². The average molecular weight is 226 g/mol. The van der Waals surface area contributed by atoms with Gasteiger partial charge in [0.15, 0.2) is 0 Å². The Morgan fingerprint density at radius 1 is 1.25 bits per heavy atom. The highest BCUT2D eigenvalue weighted by Gasteiger charge is 2.42. The van der Waals surface area contributed by atoms with Gasteiger partial charge in [0.25, 0.3) is 0 Å². The highest BCUT2D eigenvalue weighted by Crippen LogP contribution is 2.35. The van der Waals surface area contributed by atoms with Crippen molar-refractivity contribution in [2.75, 3.05) is 13.1 Å². The van der Waals surface area contributed by atoms with Crippen LogP contribution in [0.3, 0.4) is 0 Å². The summed E-state index contributed by atoms with van der Waals surface area (Å²) in [5.41, 5.74) is 5.69. The van der Waals surface area contributed by atoms with Crippen LogP contribution in [0, 0.1) is 11.8 Å². The third-order valence-corrected chi connectivity index (χ3v) is 3.56. The summed E-state index contributed by atoms with van der Waals surface area (Å²) in [7, 11) is 0. The van der Waals surface area contributed by atoms with Gasteiger partial charge in [-0.3, -0.25) is 0 Å². The first-order valence-corrected chi connectivity index (χ1v) is 6.10. The fourth-order valence-electron chi connectivity index (χ4n) is 2.74. The van der Waals surface area contributed by atoms with Gasteiger partial charge in [-0.2, -0.15) is 0 Å². The lowest BCUT2D eigenvalue weighted by Crippen LogP contribution is -2.51. The number of likely N-dealkylation sites (tertiary alicyclic amines) is 1. The monoisotopic (exact) mass is 226 g/mol. The molecule has 1 saturated carbocycles. The van der Waals surface area contributed by atoms with Gasteiger partial charge in [-0.25, -0.2) is 4.79 Å². The van der Waals surface area contributed by atoms with Crippen molar-refractivity contribution in [1.82, 2.24) is 4.90 Å². The smallest absolute Gasteiger partial charge is 0.410 e. The Morgan fingerprint density at radius 3 is 2.19 bits per heavy atom. The van der Waals surface area contributed by atoms with Crippen molar-refractivity contribution in [2.24, 2.45) is 17.6 Å². The molecule has 92 valence electrons. The summed E-state index contributed by atoms with van der Waals surface area (Å²) in [5.74, 6) is 0.956. The zero-order chi connectivity index (χ0) is 11.9. The third kappa shape index (κ3) is 2.32. The van der Waals surface area contributed by atoms with Gasteiger partial charge in [-0.15, -0.1) is 0 Å². The third-order valence-electron chi connectivity index (χ3n) is 3.56. The van der Waals surface area contributed by atoms with E-state index in [4.69, 9.17) is 10.5 Å². The molecule has 1 aliphatic heterocycles. The van der Waals surface area contributed by atoms with E-state index in [1.54, 1.807) is 0 Å². The van der Waals surface area contributed by atoms with Crippen LogP contribution in [0.2, 0.25) is 0 Å². The zero-order valence-electron chi connectivity index (χ0n) is 10.4. The fourth-order valence-corrected chi connectivity index (χ4v) is 2.74. The second-order valence-corrected chi connectivity index (χ2v) is 6.06. The Morgan fingerprint density at radius 2 is 1.75 bits per heavy atom. The van der Waals surface area contributed by atoms with Crippen LogP contribution in [0.1, 0.15) is 33.6 Å². The molecular formula is C12H22N2O2. The molecule has 4 heteroatoms. The minimum Gasteiger partial charge on any atom is -0.444 e. The van der Waals surface area contributed by atoms with Gasteiger partial charge in [0, 0.05) is 19.1 Å². The minimum atomic E-state index is -0.407. The molecule has 2 fully saturated rings. The lowest BCUT2D eigenvalue weighted by atomic mass is 9.93. The van der Waals surface area contributed by atoms with E-state index < -0.39 is 5.60 Å². The summed E-state index contributed by atoms with van der Waals surface area (Å²) in [5, 5.41) is 0. The molecule has 1 aliphatic carbocycles. The number of ether oxygens (including phenoxy) is 1. The Hall–Kier alpha value is -0.770. The number of rotatable bonds is 0. The lowest BCUT2D eigenvalue weighted by molar-refractivity contribution is 0.0134. The van der Waals surface area contributed by atoms with Crippen LogP contribution in [-0.4, -0.2) is 35.7 Å². The number of amides is 1. The fraction of sp³-hybridized carbons (Fsp3) is 0.917. The van der Waals surface area contributed by atoms with Crippen molar-refractivity contribution in [1.29, 1.82) is 0 Å². The quantitative estimate of drug-likeness (QED) is 0.682. The first-order chi connectivity index (χ1) is 7.37. The van der Waals surface area contributed by atoms with Gasteiger partial charge in [0.1, 0.15) is 5.60 Å². The van der Waals surface area contributed by atoms with E-state index in [9.17, 15) is 4.79 Å². The number of fused-ring (bicyclic) bond motifs is 2. The van der Waals surface area contributed by atoms with Crippen LogP contribution < -0.4 is 5.73 Å². The van der Waals surface area contributed by atoms with E-state index in [1.807, 2.05) is 25.7 Å². The predicted octanol–water partition coefficient (Wildman–Crippen LogP) is 1.59. The van der Waals surface area contributed by atoms with Gasteiger partial charge in [-0.1, -0.05) is 0 Å². The van der Waals surface area contributed by atoms with E-state index in [0.717, 1.165) is 25.9 Å². The predicted molar refractivity (Wildman–Crippen MR) is 62.0 cm³/mol. The standard InChI is InChI=1S/C12H22N2O2/c1-12(2,3)16-11(15)14-6-8-4-5-9(7-14)10(8)13/h8-10H,4-7,13H2,1-3H3/t8-,9+,10?. The molecule has 1 amide bonds. The maximum atomic E-state index is 11.9. The molecule has 1 saturated heterocycles. The Bertz CT molecular complexity index is 271. The molecule has 2 aliphatic rings. The Kier molecular flexibility index (Phi) is 2.86. The molecule has 2 rings (SSSR count). The molecule has 1 heterocycles. The molecule has 0 aromatic rings. The van der Waals surface area contributed by atoms with E-state index in [0.29, 0.717) is 17.9 Å². The molecule has 1 unspecified atom stereocenters. The number of nitrogens with two attached hydrogens (primary N) is 1. The largest absolute Gasteiger partial charge is 0.444 e. The number of carbonyl (C=O) groups is 1. The van der Waals surface area contributed by atoms with Crippen LogP contribution in [-0.2, 0) is 4.74 Å². The van der Waals surface area contributed by atoms with E-state index in [-0.39, 0.29) is 6.09 Å². The molecule has 0 spiro atoms. The molecule has 2 N–H and O–H groups in total. The molecule has 0 aromatic carbocycles. The molecular weight excluding hydrogens is 204 g/mol. The summed E-state index contributed by atoms with van der Waals surface area (Å²) in [6.07, 6.45) is 2.13. The van der Waals surface area contributed by atoms with Gasteiger partial charge < -0.3 is 15.4 Å². The highest BCUT2D eigenvalue weighted by atomic mass is 16.6. The molecule has 4 nitrogen and oxygen atoms in total. The van der Waals surface area contributed by atoms with Gasteiger partial charge in [-0.05, 0) is 45.4 Å². The number of nitrogens with zero attached hydrogens (tertiary/aromatic N) is 1. The van der Waals surface area contributed by atoms with Gasteiger partial charge in [0.2, 0.25) is 0 Å². The number of hydrogen-bond acceptors (Lipinski definition) is 3. The SMILES string of the molecule is CC(C)(C)OC(=O)N1C[C@H]2CC[C@@H](C1)C2N. The molecule has 0 aromatic heterocycles. The highest BCUT2D eigenvalue weighted by molar-refractivity contribution is 5.68. The van der Waals surface area contributed by atoms with Crippen molar-refractivity contribution >= 4 is 6.09 Å². The average Bonchev–Trinajstić information content (AvgIpc) is 2.38. The maximum absolute atomic E-state index is 11.9. The zero-order valence-corrected chi connectivity index (χ0v) is 10.4. The maximum Gasteiger partial charge on any atom is 0.410 e. The second kappa shape index (κ2) is 3.91. The topological polar surface area (TPSA) is 55.6 Å². The van der Waals surface area contributed by atoms with E-state index >= 15 is 0 Å². The minimum absolute atomic E-state index is 0.184. The van der Waals surface area contributed by atoms with Crippen LogP contribution in [0.4, 0.5) is 4.79 Å². The van der Waals surface area contributed by atoms with Crippen LogP contribution in [0.5, 0.6) is 0 Å². The molecule has 2 bridgehead atoms. The van der Waals surface area contributed by atoms with Gasteiger partial charge >= 0.3 is 6.09 Å².